The van der Waals surface area contributed by atoms with Crippen molar-refractivity contribution in [2.24, 2.45) is 0 Å². The van der Waals surface area contributed by atoms with E-state index in [4.69, 9.17) is 14.2 Å². The van der Waals surface area contributed by atoms with Crippen molar-refractivity contribution in [3.63, 3.8) is 0 Å². The summed E-state index contributed by atoms with van der Waals surface area (Å²) in [5, 5.41) is 10.3. The molecule has 0 amide bonds. The second-order valence-electron chi connectivity index (χ2n) is 9.05. The van der Waals surface area contributed by atoms with E-state index in [1.54, 1.807) is 12.4 Å². The summed E-state index contributed by atoms with van der Waals surface area (Å²) in [5.41, 5.74) is 1.86. The fourth-order valence-electron chi connectivity index (χ4n) is 4.52. The molecule has 3 heterocycles. The molecular weight excluding hydrogens is 529 g/mol. The number of aromatic nitrogens is 2. The average Bonchev–Trinajstić information content (AvgIpc) is 3.55. The zero-order chi connectivity index (χ0) is 27.4. The van der Waals surface area contributed by atoms with Crippen LogP contribution in [-0.2, 0) is 23.9 Å². The van der Waals surface area contributed by atoms with Crippen LogP contribution in [0.1, 0.15) is 28.5 Å². The van der Waals surface area contributed by atoms with Crippen molar-refractivity contribution in [3.8, 4) is 22.6 Å². The van der Waals surface area contributed by atoms with Crippen LogP contribution in [0, 0.1) is 11.3 Å². The molecule has 4 aromatic rings. The molecule has 11 heteroatoms. The number of imidazole rings is 1. The summed E-state index contributed by atoms with van der Waals surface area (Å²) in [6.45, 7) is 6.42. The molecule has 1 aliphatic rings. The third kappa shape index (κ3) is 6.03. The lowest BCUT2D eigenvalue weighted by atomic mass is 10.1. The summed E-state index contributed by atoms with van der Waals surface area (Å²) in [5.74, 6) is 1.02. The van der Waals surface area contributed by atoms with Crippen molar-refractivity contribution < 1.29 is 27.4 Å². The number of morpholine rings is 1. The van der Waals surface area contributed by atoms with Gasteiger partial charge in [0.1, 0.15) is 41.2 Å². The number of nitrogens with zero attached hydrogens (tertiary/aromatic N) is 4. The SMILES string of the molecule is CCc1cc2c(cc1OCCN1CCOCC1)ncn2-c1cc(OCc2ccccc2C(F)(F)F)c(C#N)s1. The molecule has 1 aliphatic heterocycles. The lowest BCUT2D eigenvalue weighted by Crippen LogP contribution is -2.38. The summed E-state index contributed by atoms with van der Waals surface area (Å²) in [4.78, 5) is 7.13. The molecule has 2 aromatic heterocycles. The van der Waals surface area contributed by atoms with Gasteiger partial charge in [0, 0.05) is 37.3 Å². The first-order chi connectivity index (χ1) is 18.9. The number of fused-ring (bicyclic) bond motifs is 1. The van der Waals surface area contributed by atoms with Crippen molar-refractivity contribution in [1.29, 1.82) is 5.26 Å². The first kappa shape index (κ1) is 27.0. The number of rotatable bonds is 9. The van der Waals surface area contributed by atoms with Crippen molar-refractivity contribution in [2.45, 2.75) is 26.1 Å². The average molecular weight is 557 g/mol. The highest BCUT2D eigenvalue weighted by Gasteiger charge is 2.33. The van der Waals surface area contributed by atoms with E-state index >= 15 is 0 Å². The van der Waals surface area contributed by atoms with Crippen LogP contribution in [0.15, 0.2) is 48.8 Å². The van der Waals surface area contributed by atoms with Crippen LogP contribution in [0.5, 0.6) is 11.5 Å². The monoisotopic (exact) mass is 556 g/mol. The number of alkyl halides is 3. The highest BCUT2D eigenvalue weighted by molar-refractivity contribution is 7.15. The van der Waals surface area contributed by atoms with Gasteiger partial charge in [-0.2, -0.15) is 18.4 Å². The van der Waals surface area contributed by atoms with Gasteiger partial charge in [-0.15, -0.1) is 11.3 Å². The second kappa shape index (κ2) is 11.7. The van der Waals surface area contributed by atoms with Crippen LogP contribution in [0.4, 0.5) is 13.2 Å². The molecule has 0 bridgehead atoms. The van der Waals surface area contributed by atoms with E-state index in [0.717, 1.165) is 67.7 Å². The Morgan fingerprint density at radius 1 is 1.08 bits per heavy atom. The Labute approximate surface area is 228 Å². The van der Waals surface area contributed by atoms with Gasteiger partial charge >= 0.3 is 6.18 Å². The zero-order valence-corrected chi connectivity index (χ0v) is 22.1. The number of hydrogen-bond acceptors (Lipinski definition) is 7. The Morgan fingerprint density at radius 2 is 1.87 bits per heavy atom. The van der Waals surface area contributed by atoms with Crippen LogP contribution < -0.4 is 9.47 Å². The predicted molar refractivity (Wildman–Crippen MR) is 142 cm³/mol. The van der Waals surface area contributed by atoms with Crippen LogP contribution in [0.25, 0.3) is 16.0 Å². The summed E-state index contributed by atoms with van der Waals surface area (Å²) in [6, 6.07) is 13.0. The highest BCUT2D eigenvalue weighted by atomic mass is 32.1. The van der Waals surface area contributed by atoms with Gasteiger partial charge < -0.3 is 14.2 Å². The first-order valence-electron chi connectivity index (χ1n) is 12.6. The van der Waals surface area contributed by atoms with Crippen molar-refractivity contribution >= 4 is 22.4 Å². The van der Waals surface area contributed by atoms with Gasteiger partial charge in [0.25, 0.3) is 0 Å². The van der Waals surface area contributed by atoms with Gasteiger partial charge in [-0.05, 0) is 24.1 Å². The Bertz CT molecular complexity index is 1490. The molecule has 0 saturated carbocycles. The largest absolute Gasteiger partial charge is 0.492 e. The Balaban J connectivity index is 1.35. The summed E-state index contributed by atoms with van der Waals surface area (Å²) < 4.78 is 59.2. The van der Waals surface area contributed by atoms with Crippen LogP contribution in [0.2, 0.25) is 0 Å². The van der Waals surface area contributed by atoms with Crippen LogP contribution >= 0.6 is 11.3 Å². The van der Waals surface area contributed by atoms with Crippen LogP contribution in [-0.4, -0.2) is 53.9 Å². The molecule has 39 heavy (non-hydrogen) atoms. The number of ether oxygens (including phenoxy) is 3. The molecule has 0 radical (unpaired) electrons. The minimum absolute atomic E-state index is 0.00320. The molecule has 1 saturated heterocycles. The number of aryl methyl sites for hydroxylation is 1. The quantitative estimate of drug-likeness (QED) is 0.258. The fourth-order valence-corrected chi connectivity index (χ4v) is 5.40. The lowest BCUT2D eigenvalue weighted by Gasteiger charge is -2.26. The third-order valence-corrected chi connectivity index (χ3v) is 7.63. The van der Waals surface area contributed by atoms with E-state index in [2.05, 4.69) is 22.9 Å². The van der Waals surface area contributed by atoms with Gasteiger partial charge in [-0.3, -0.25) is 9.47 Å². The number of thiophene rings is 1. The minimum Gasteiger partial charge on any atom is -0.492 e. The Hall–Kier alpha value is -3.59. The molecule has 1 fully saturated rings. The maximum Gasteiger partial charge on any atom is 0.416 e. The van der Waals surface area contributed by atoms with Crippen molar-refractivity contribution in [1.82, 2.24) is 14.5 Å². The summed E-state index contributed by atoms with van der Waals surface area (Å²) in [6.07, 6.45) is -2.07. The predicted octanol–water partition coefficient (Wildman–Crippen LogP) is 5.83. The Kier molecular flexibility index (Phi) is 8.07. The van der Waals surface area contributed by atoms with Gasteiger partial charge in [-0.1, -0.05) is 25.1 Å². The highest BCUT2D eigenvalue weighted by Crippen LogP contribution is 2.36. The number of benzene rings is 2. The molecule has 0 spiro atoms. The molecule has 0 unspecified atom stereocenters. The number of halogens is 3. The molecule has 0 N–H and O–H groups in total. The van der Waals surface area contributed by atoms with Crippen LogP contribution in [0.3, 0.4) is 0 Å². The van der Waals surface area contributed by atoms with Gasteiger partial charge in [0.05, 0.1) is 29.8 Å². The van der Waals surface area contributed by atoms with Gasteiger partial charge in [-0.25, -0.2) is 4.98 Å². The van der Waals surface area contributed by atoms with E-state index < -0.39 is 11.7 Å². The van der Waals surface area contributed by atoms with Crippen molar-refractivity contribution in [2.75, 3.05) is 39.5 Å². The third-order valence-electron chi connectivity index (χ3n) is 6.61. The molecule has 2 aromatic carbocycles. The minimum atomic E-state index is -4.49. The van der Waals surface area contributed by atoms with E-state index in [9.17, 15) is 18.4 Å². The lowest BCUT2D eigenvalue weighted by molar-refractivity contribution is -0.138. The zero-order valence-electron chi connectivity index (χ0n) is 21.3. The molecule has 0 aliphatic carbocycles. The fraction of sp³-hybridized carbons (Fsp3) is 0.357. The Morgan fingerprint density at radius 3 is 2.62 bits per heavy atom. The maximum atomic E-state index is 13.4. The van der Waals surface area contributed by atoms with E-state index in [0.29, 0.717) is 11.6 Å². The van der Waals surface area contributed by atoms with E-state index in [1.807, 2.05) is 16.7 Å². The summed E-state index contributed by atoms with van der Waals surface area (Å²) in [7, 11) is 0. The van der Waals surface area contributed by atoms with E-state index in [1.165, 1.54) is 29.5 Å². The molecule has 5 rings (SSSR count). The molecule has 204 valence electrons. The topological polar surface area (TPSA) is 72.5 Å². The second-order valence-corrected chi connectivity index (χ2v) is 10.1. The smallest absolute Gasteiger partial charge is 0.416 e. The number of hydrogen-bond donors (Lipinski definition) is 0. The normalized spacial score (nSPS) is 14.4. The van der Waals surface area contributed by atoms with Crippen molar-refractivity contribution in [3.05, 3.63) is 70.4 Å². The number of nitriles is 1. The molecular formula is C28H27F3N4O3S. The first-order valence-corrected chi connectivity index (χ1v) is 13.4. The van der Waals surface area contributed by atoms with Gasteiger partial charge in [0.15, 0.2) is 5.75 Å². The maximum absolute atomic E-state index is 13.4. The molecule has 7 nitrogen and oxygen atoms in total. The summed E-state index contributed by atoms with van der Waals surface area (Å²) >= 11 is 1.19. The van der Waals surface area contributed by atoms with Gasteiger partial charge in [0.2, 0.25) is 0 Å². The van der Waals surface area contributed by atoms with E-state index in [-0.39, 0.29) is 22.8 Å². The standard InChI is InChI=1S/C28H27F3N4O3S/c1-2-19-13-23-22(14-24(19)37-12-9-34-7-10-36-11-8-34)33-18-35(23)27-15-25(26(16-32)39-27)38-17-20-5-3-4-6-21(20)28(29,30)31/h3-6,13-15,18H,2,7-12,17H2,1H3. The molecule has 0 atom stereocenters.